The number of hydrogen-bond donors (Lipinski definition) is 2. The normalized spacial score (nSPS) is 9.96. The molecule has 2 heterocycles. The molecule has 0 saturated carbocycles. The summed E-state index contributed by atoms with van der Waals surface area (Å²) in [6.45, 7) is 14.5. The third-order valence-corrected chi connectivity index (χ3v) is 6.87. The molecule has 0 aliphatic heterocycles. The summed E-state index contributed by atoms with van der Waals surface area (Å²) in [5.41, 5.74) is 1.92. The molecule has 6 rings (SSSR count). The molecule has 2 aromatic heterocycles. The van der Waals surface area contributed by atoms with Crippen molar-refractivity contribution < 1.29 is 70.5 Å². The Morgan fingerprint density at radius 2 is 1.16 bits per heavy atom. The summed E-state index contributed by atoms with van der Waals surface area (Å²) < 4.78 is 0. The summed E-state index contributed by atoms with van der Waals surface area (Å²) in [5, 5.41) is 41.3. The van der Waals surface area contributed by atoms with Gasteiger partial charge >= 0.3 is 0 Å². The summed E-state index contributed by atoms with van der Waals surface area (Å²) in [6.07, 6.45) is 3.37. The van der Waals surface area contributed by atoms with Crippen LogP contribution in [0.25, 0.3) is 43.4 Å². The maximum Gasteiger partial charge on any atom is 0.300 e. The summed E-state index contributed by atoms with van der Waals surface area (Å²) >= 11 is 0. The van der Waals surface area contributed by atoms with E-state index >= 15 is 0 Å². The zero-order chi connectivity index (χ0) is 36.9. The molecular formula is C37H37N4O8Pd2-3. The number of aliphatic carboxylic acids is 2. The number of hydrogen-bond acceptors (Lipinski definition) is 8. The van der Waals surface area contributed by atoms with Gasteiger partial charge in [0.1, 0.15) is 0 Å². The summed E-state index contributed by atoms with van der Waals surface area (Å²) in [5.74, 6) is -0.285. The van der Waals surface area contributed by atoms with E-state index in [-0.39, 0.29) is 67.5 Å². The zero-order valence-electron chi connectivity index (χ0n) is 28.6. The van der Waals surface area contributed by atoms with Crippen molar-refractivity contribution in [3.8, 4) is 0 Å². The van der Waals surface area contributed by atoms with Crippen LogP contribution in [0.1, 0.15) is 41.5 Å². The Labute approximate surface area is 322 Å². The monoisotopic (exact) mass is 877 g/mol. The number of carboxylic acid groups (broad SMARTS) is 2. The van der Waals surface area contributed by atoms with E-state index < -0.39 is 11.9 Å². The fraction of sp³-hybridized carbons (Fsp3) is 0.189. The minimum absolute atomic E-state index is 0. The quantitative estimate of drug-likeness (QED) is 0.0571. The van der Waals surface area contributed by atoms with Crippen molar-refractivity contribution in [3.63, 3.8) is 0 Å². The summed E-state index contributed by atoms with van der Waals surface area (Å²) in [7, 11) is 0. The van der Waals surface area contributed by atoms with Crippen LogP contribution >= 0.6 is 0 Å². The number of carbonyl (C=O) groups is 2. The molecule has 0 fully saturated rings. The average molecular weight is 879 g/mol. The third-order valence-electron chi connectivity index (χ3n) is 6.87. The first-order valence-electron chi connectivity index (χ1n) is 14.7. The van der Waals surface area contributed by atoms with Gasteiger partial charge in [0.05, 0.1) is 15.8 Å². The second-order valence-corrected chi connectivity index (χ2v) is 11.4. The minimum Gasteiger partial charge on any atom is -0.481 e. The van der Waals surface area contributed by atoms with Crippen LogP contribution in [-0.2, 0) is 50.4 Å². The number of rotatable bonds is 3. The topological polar surface area (TPSA) is 187 Å². The molecule has 4 aromatic carbocycles. The number of benzene rings is 4. The Hall–Kier alpha value is -4.72. The number of aromatic nitrogens is 2. The van der Waals surface area contributed by atoms with Gasteiger partial charge in [0.15, 0.2) is 5.69 Å². The van der Waals surface area contributed by atoms with E-state index in [4.69, 9.17) is 19.8 Å². The van der Waals surface area contributed by atoms with Crippen molar-refractivity contribution in [2.75, 3.05) is 0 Å². The van der Waals surface area contributed by atoms with Gasteiger partial charge in [-0.05, 0) is 34.5 Å². The van der Waals surface area contributed by atoms with Crippen molar-refractivity contribution in [2.45, 2.75) is 41.5 Å². The van der Waals surface area contributed by atoms with Crippen LogP contribution in [0.5, 0.6) is 0 Å². The first-order chi connectivity index (χ1) is 22.9. The standard InChI is InChI=1S/C13H8N2O2.C13H7N2O2.C7H14.2C2H4O2.2Pd/c2*16-15(17)12-5-1-4-11-10(12)7-6-9-3-2-8-14-13(9)11;1-6(2)7(3,4)5;2*1-2(3)4;;/h1-8H;1-3,5-8H;3H2,1-2,4-5H3;2*1H3,(H,3,4);;/q;-1;-2;;;;. The molecule has 0 amide bonds. The smallest absolute Gasteiger partial charge is 0.300 e. The van der Waals surface area contributed by atoms with Crippen molar-refractivity contribution >= 4 is 66.7 Å². The van der Waals surface area contributed by atoms with Crippen LogP contribution in [0.4, 0.5) is 11.4 Å². The second-order valence-electron chi connectivity index (χ2n) is 11.4. The van der Waals surface area contributed by atoms with Gasteiger partial charge < -0.3 is 28.0 Å². The number of fused-ring (bicyclic) bond motifs is 6. The van der Waals surface area contributed by atoms with Gasteiger partial charge in [-0.15, -0.1) is 31.4 Å². The van der Waals surface area contributed by atoms with Gasteiger partial charge in [-0.25, -0.2) is 0 Å². The molecule has 0 aliphatic rings. The van der Waals surface area contributed by atoms with Gasteiger partial charge in [0, 0.05) is 88.8 Å². The van der Waals surface area contributed by atoms with Gasteiger partial charge in [0.2, 0.25) is 0 Å². The van der Waals surface area contributed by atoms with E-state index in [0.717, 1.165) is 41.0 Å². The van der Waals surface area contributed by atoms with Crippen molar-refractivity contribution in [3.05, 3.63) is 130 Å². The Kier molecular flexibility index (Phi) is 19.5. The molecule has 51 heavy (non-hydrogen) atoms. The minimum atomic E-state index is -0.833. The number of non-ortho nitro benzene ring substituents is 2. The van der Waals surface area contributed by atoms with Gasteiger partial charge in [-0.2, -0.15) is 13.8 Å². The van der Waals surface area contributed by atoms with E-state index in [9.17, 15) is 20.2 Å². The van der Waals surface area contributed by atoms with E-state index in [0.29, 0.717) is 16.2 Å². The Balaban J connectivity index is 0.000000691. The summed E-state index contributed by atoms with van der Waals surface area (Å²) in [6, 6.07) is 25.9. The Bertz CT molecular complexity index is 1950. The summed E-state index contributed by atoms with van der Waals surface area (Å²) in [4.78, 5) is 47.7. The number of nitrogens with zero attached hydrogens (tertiary/aromatic N) is 4. The van der Waals surface area contributed by atoms with Crippen LogP contribution in [0.3, 0.4) is 0 Å². The predicted molar refractivity (Wildman–Crippen MR) is 191 cm³/mol. The number of nitro benzene ring substituents is 2. The molecule has 0 unspecified atom stereocenters. The van der Waals surface area contributed by atoms with Crippen molar-refractivity contribution in [1.29, 1.82) is 0 Å². The van der Waals surface area contributed by atoms with Crippen LogP contribution in [0.15, 0.2) is 91.3 Å². The van der Waals surface area contributed by atoms with Gasteiger partial charge in [-0.1, -0.05) is 48.5 Å². The molecule has 0 bridgehead atoms. The third kappa shape index (κ3) is 14.2. The molecule has 0 atom stereocenters. The largest absolute Gasteiger partial charge is 0.481 e. The molecule has 12 nitrogen and oxygen atoms in total. The average Bonchev–Trinajstić information content (AvgIpc) is 3.03. The van der Waals surface area contributed by atoms with Crippen LogP contribution in [0, 0.1) is 44.6 Å². The maximum atomic E-state index is 10.9. The van der Waals surface area contributed by atoms with Crippen molar-refractivity contribution in [1.82, 2.24) is 9.97 Å². The van der Waals surface area contributed by atoms with E-state index in [1.165, 1.54) is 18.1 Å². The SMILES string of the molecule is CC(=O)O.CC(=O)O.O=[N+]([O-])c1cc[c-]c2c1ccc1cccnc12.O=[N+]([O-])c1cccc2c1ccc1cccnc12.[CH2-]C(C)(C)[C-](C)C.[Pd].[Pd]. The first-order valence-corrected chi connectivity index (χ1v) is 14.7. The number of nitro groups is 2. The molecule has 276 valence electrons. The molecular weight excluding hydrogens is 841 g/mol. The second kappa shape index (κ2) is 21.5. The van der Waals surface area contributed by atoms with E-state index in [1.807, 2.05) is 42.5 Å². The van der Waals surface area contributed by atoms with Crippen LogP contribution in [-0.4, -0.2) is 42.0 Å². The molecule has 14 heteroatoms. The van der Waals surface area contributed by atoms with Gasteiger partial charge in [0.25, 0.3) is 17.6 Å². The van der Waals surface area contributed by atoms with Crippen molar-refractivity contribution in [2.24, 2.45) is 5.41 Å². The molecule has 0 spiro atoms. The fourth-order valence-corrected chi connectivity index (χ4v) is 4.00. The molecule has 6 aromatic rings. The zero-order valence-corrected chi connectivity index (χ0v) is 31.7. The van der Waals surface area contributed by atoms with Crippen LogP contribution in [0.2, 0.25) is 0 Å². The van der Waals surface area contributed by atoms with E-state index in [2.05, 4.69) is 50.7 Å². The van der Waals surface area contributed by atoms with Crippen LogP contribution < -0.4 is 0 Å². The fourth-order valence-electron chi connectivity index (χ4n) is 4.00. The molecule has 0 radical (unpaired) electrons. The first kappa shape index (κ1) is 46.3. The Morgan fingerprint density at radius 1 is 0.725 bits per heavy atom. The predicted octanol–water partition coefficient (Wildman–Crippen LogP) is 9.03. The number of carboxylic acids is 2. The van der Waals surface area contributed by atoms with Gasteiger partial charge in [-0.3, -0.25) is 40.2 Å². The van der Waals surface area contributed by atoms with E-state index in [1.54, 1.807) is 36.7 Å². The molecule has 2 N–H and O–H groups in total. The number of pyridine rings is 2. The molecule has 0 aliphatic carbocycles. The molecule has 0 saturated heterocycles. The maximum absolute atomic E-state index is 10.9. The Morgan fingerprint density at radius 3 is 1.63 bits per heavy atom.